The molecule has 0 atom stereocenters. The third kappa shape index (κ3) is 6.28. The molecule has 0 radical (unpaired) electrons. The van der Waals surface area contributed by atoms with Crippen LogP contribution in [0.25, 0.3) is 11.1 Å². The van der Waals surface area contributed by atoms with Gasteiger partial charge >= 0.3 is 17.9 Å². The van der Waals surface area contributed by atoms with Crippen LogP contribution in [0.5, 0.6) is 5.75 Å². The van der Waals surface area contributed by atoms with Crippen LogP contribution in [0.1, 0.15) is 16.7 Å². The summed E-state index contributed by atoms with van der Waals surface area (Å²) in [7, 11) is 0. The van der Waals surface area contributed by atoms with E-state index in [1.807, 2.05) is 26.8 Å². The highest BCUT2D eigenvalue weighted by Gasteiger charge is 2.38. The fourth-order valence-electron chi connectivity index (χ4n) is 2.84. The SMILES string of the molecule is Cc1cnc(Nc2cc(C)c(C)c(O)c2)nc1Nc1ccc2oc(=O)[nH]c2c1.O=C(O)C(F)(F)F. The number of H-pyrrole nitrogens is 1. The molecule has 0 aliphatic carbocycles. The van der Waals surface area contributed by atoms with Crippen molar-refractivity contribution in [1.29, 1.82) is 0 Å². The van der Waals surface area contributed by atoms with Crippen molar-refractivity contribution in [2.24, 2.45) is 0 Å². The lowest BCUT2D eigenvalue weighted by Gasteiger charge is -2.12. The van der Waals surface area contributed by atoms with Crippen molar-refractivity contribution in [2.75, 3.05) is 10.6 Å². The molecule has 0 aliphatic rings. The standard InChI is InChI=1S/C20H19N5O3.C2HF3O2/c1-10-6-14(8-16(26)12(10)3)23-19-21-9-11(2)18(25-19)22-13-4-5-17-15(7-13)24-20(27)28-17;3-2(4,5)1(6)7/h4-9,26H,1-3H3,(H,24,27)(H2,21,22,23,25);(H,6,7). The second-order valence-corrected chi connectivity index (χ2v) is 7.44. The number of hydrogen-bond donors (Lipinski definition) is 5. The molecule has 2 aromatic heterocycles. The van der Waals surface area contributed by atoms with Crippen LogP contribution >= 0.6 is 0 Å². The van der Waals surface area contributed by atoms with Crippen LogP contribution < -0.4 is 16.4 Å². The summed E-state index contributed by atoms with van der Waals surface area (Å²) in [5.74, 6) is -2.01. The van der Waals surface area contributed by atoms with Crippen LogP contribution in [0, 0.1) is 20.8 Å². The summed E-state index contributed by atoms with van der Waals surface area (Å²) < 4.78 is 36.8. The minimum absolute atomic E-state index is 0.218. The zero-order valence-electron chi connectivity index (χ0n) is 18.6. The second-order valence-electron chi connectivity index (χ2n) is 7.44. The quantitative estimate of drug-likeness (QED) is 0.274. The van der Waals surface area contributed by atoms with E-state index < -0.39 is 17.9 Å². The molecule has 0 unspecified atom stereocenters. The molecule has 13 heteroatoms. The predicted molar refractivity (Wildman–Crippen MR) is 121 cm³/mol. The van der Waals surface area contributed by atoms with Crippen LogP contribution in [0.2, 0.25) is 0 Å². The molecule has 35 heavy (non-hydrogen) atoms. The van der Waals surface area contributed by atoms with Crippen LogP contribution in [0.4, 0.5) is 36.3 Å². The van der Waals surface area contributed by atoms with E-state index in [1.165, 1.54) is 0 Å². The highest BCUT2D eigenvalue weighted by atomic mass is 19.4. The fourth-order valence-corrected chi connectivity index (χ4v) is 2.84. The molecule has 4 rings (SSSR count). The van der Waals surface area contributed by atoms with Gasteiger partial charge in [0.2, 0.25) is 5.95 Å². The van der Waals surface area contributed by atoms with Gasteiger partial charge in [-0.15, -0.1) is 0 Å². The van der Waals surface area contributed by atoms with Gasteiger partial charge in [0.25, 0.3) is 0 Å². The Morgan fingerprint density at radius 3 is 2.37 bits per heavy atom. The number of phenols is 1. The number of hydrogen-bond acceptors (Lipinski definition) is 8. The van der Waals surface area contributed by atoms with Gasteiger partial charge in [-0.3, -0.25) is 4.98 Å². The number of fused-ring (bicyclic) bond motifs is 1. The first kappa shape index (κ1) is 25.1. The number of nitrogens with zero attached hydrogens (tertiary/aromatic N) is 2. The van der Waals surface area contributed by atoms with Crippen LogP contribution in [0.15, 0.2) is 45.7 Å². The van der Waals surface area contributed by atoms with Gasteiger partial charge in [0.1, 0.15) is 11.6 Å². The number of oxazole rings is 1. The molecule has 0 saturated carbocycles. The van der Waals surface area contributed by atoms with Crippen LogP contribution in [-0.4, -0.2) is 37.3 Å². The number of alkyl halides is 3. The summed E-state index contributed by atoms with van der Waals surface area (Å²) in [6, 6.07) is 8.85. The Bertz CT molecular complexity index is 1420. The zero-order valence-corrected chi connectivity index (χ0v) is 18.6. The Morgan fingerprint density at radius 2 is 1.74 bits per heavy atom. The summed E-state index contributed by atoms with van der Waals surface area (Å²) in [5, 5.41) is 23.5. The summed E-state index contributed by atoms with van der Waals surface area (Å²) in [6.07, 6.45) is -3.38. The topological polar surface area (TPSA) is 153 Å². The largest absolute Gasteiger partial charge is 0.508 e. The lowest BCUT2D eigenvalue weighted by molar-refractivity contribution is -0.192. The lowest BCUT2D eigenvalue weighted by Crippen LogP contribution is -2.21. The van der Waals surface area contributed by atoms with E-state index in [9.17, 15) is 23.1 Å². The summed E-state index contributed by atoms with van der Waals surface area (Å²) in [4.78, 5) is 31.7. The molecule has 2 aromatic carbocycles. The molecular formula is C22H20F3N5O5. The molecule has 0 fully saturated rings. The monoisotopic (exact) mass is 491 g/mol. The van der Waals surface area contributed by atoms with E-state index in [2.05, 4.69) is 25.6 Å². The number of aromatic hydroxyl groups is 1. The number of anilines is 4. The van der Waals surface area contributed by atoms with Gasteiger partial charge in [0, 0.05) is 29.2 Å². The Kier molecular flexibility index (Phi) is 6.99. The van der Waals surface area contributed by atoms with Gasteiger partial charge in [0.15, 0.2) is 5.58 Å². The minimum atomic E-state index is -5.08. The molecule has 0 amide bonds. The lowest BCUT2D eigenvalue weighted by atomic mass is 10.1. The number of rotatable bonds is 4. The van der Waals surface area contributed by atoms with Gasteiger partial charge in [-0.05, 0) is 56.2 Å². The predicted octanol–water partition coefficient (Wildman–Crippen LogP) is 4.66. The summed E-state index contributed by atoms with van der Waals surface area (Å²) >= 11 is 0. The number of phenolic OH excluding ortho intramolecular Hbond substituents is 1. The molecule has 5 N–H and O–H groups in total. The minimum Gasteiger partial charge on any atom is -0.508 e. The Balaban J connectivity index is 0.000000429. The zero-order chi connectivity index (χ0) is 25.9. The van der Waals surface area contributed by atoms with Crippen molar-refractivity contribution in [2.45, 2.75) is 26.9 Å². The highest BCUT2D eigenvalue weighted by molar-refractivity contribution is 5.78. The van der Waals surface area contributed by atoms with Crippen molar-refractivity contribution in [1.82, 2.24) is 15.0 Å². The molecule has 0 saturated heterocycles. The van der Waals surface area contributed by atoms with E-state index in [0.29, 0.717) is 28.6 Å². The number of aliphatic carboxylic acids is 1. The smallest absolute Gasteiger partial charge is 0.490 e. The third-order valence-electron chi connectivity index (χ3n) is 4.79. The molecule has 10 nitrogen and oxygen atoms in total. The number of aromatic nitrogens is 3. The average Bonchev–Trinajstić information content (AvgIpc) is 3.13. The molecule has 2 heterocycles. The molecule has 0 bridgehead atoms. The molecular weight excluding hydrogens is 471 g/mol. The second kappa shape index (κ2) is 9.75. The van der Waals surface area contributed by atoms with E-state index in [-0.39, 0.29) is 5.75 Å². The Hall–Kier alpha value is -4.55. The number of carboxylic acids is 1. The number of carbonyl (C=O) groups is 1. The van der Waals surface area contributed by atoms with Crippen molar-refractivity contribution < 1.29 is 32.6 Å². The van der Waals surface area contributed by atoms with Crippen molar-refractivity contribution >= 4 is 40.2 Å². The molecule has 184 valence electrons. The Morgan fingerprint density at radius 1 is 1.06 bits per heavy atom. The third-order valence-corrected chi connectivity index (χ3v) is 4.79. The fraction of sp³-hybridized carbons (Fsp3) is 0.182. The first-order valence-corrected chi connectivity index (χ1v) is 9.94. The van der Waals surface area contributed by atoms with Gasteiger partial charge in [-0.25, -0.2) is 14.6 Å². The van der Waals surface area contributed by atoms with Crippen molar-refractivity contribution in [3.63, 3.8) is 0 Å². The molecule has 0 spiro atoms. The number of benzene rings is 2. The summed E-state index contributed by atoms with van der Waals surface area (Å²) in [5.41, 5.74) is 5.21. The van der Waals surface area contributed by atoms with E-state index in [1.54, 1.807) is 30.5 Å². The average molecular weight is 491 g/mol. The number of carboxylic acid groups (broad SMARTS) is 1. The maximum absolute atomic E-state index is 11.3. The maximum Gasteiger partial charge on any atom is 0.490 e. The maximum atomic E-state index is 11.3. The van der Waals surface area contributed by atoms with E-state index in [0.717, 1.165) is 22.4 Å². The molecule has 4 aromatic rings. The first-order chi connectivity index (χ1) is 16.3. The normalized spacial score (nSPS) is 11.0. The number of halogens is 3. The van der Waals surface area contributed by atoms with Gasteiger partial charge < -0.3 is 25.3 Å². The van der Waals surface area contributed by atoms with E-state index in [4.69, 9.17) is 14.3 Å². The number of nitrogens with one attached hydrogen (secondary N) is 3. The molecule has 0 aliphatic heterocycles. The van der Waals surface area contributed by atoms with Gasteiger partial charge in [-0.1, -0.05) is 0 Å². The number of aryl methyl sites for hydroxylation is 2. The van der Waals surface area contributed by atoms with Gasteiger partial charge in [-0.2, -0.15) is 18.2 Å². The first-order valence-electron chi connectivity index (χ1n) is 9.94. The highest BCUT2D eigenvalue weighted by Crippen LogP contribution is 2.27. The van der Waals surface area contributed by atoms with Gasteiger partial charge in [0.05, 0.1) is 5.52 Å². The van der Waals surface area contributed by atoms with E-state index >= 15 is 0 Å². The van der Waals surface area contributed by atoms with Crippen molar-refractivity contribution in [3.8, 4) is 5.75 Å². The van der Waals surface area contributed by atoms with Crippen molar-refractivity contribution in [3.05, 3.63) is 63.8 Å². The van der Waals surface area contributed by atoms with Crippen LogP contribution in [-0.2, 0) is 4.79 Å². The Labute approximate surface area is 195 Å². The number of aromatic amines is 1. The van der Waals surface area contributed by atoms with Crippen LogP contribution in [0.3, 0.4) is 0 Å². The summed E-state index contributed by atoms with van der Waals surface area (Å²) in [6.45, 7) is 5.69.